The Morgan fingerprint density at radius 1 is 1.00 bits per heavy atom. The van der Waals surface area contributed by atoms with Crippen molar-refractivity contribution in [3.8, 4) is 11.1 Å². The lowest BCUT2D eigenvalue weighted by atomic mass is 10.0. The fraction of sp³-hybridized carbons (Fsp3) is 0.235. The van der Waals surface area contributed by atoms with E-state index < -0.39 is 0 Å². The third kappa shape index (κ3) is 2.39. The van der Waals surface area contributed by atoms with E-state index in [9.17, 15) is 4.79 Å². The van der Waals surface area contributed by atoms with Crippen molar-refractivity contribution in [2.45, 2.75) is 19.8 Å². The summed E-state index contributed by atoms with van der Waals surface area (Å²) in [5.41, 5.74) is 4.69. The van der Waals surface area contributed by atoms with Crippen molar-refractivity contribution in [2.75, 3.05) is 11.4 Å². The second-order valence-corrected chi connectivity index (χ2v) is 5.07. The number of carbonyl (C=O) groups excluding carboxylic acids is 1. The molecule has 3 rings (SSSR count). The Morgan fingerprint density at radius 2 is 1.79 bits per heavy atom. The van der Waals surface area contributed by atoms with Crippen LogP contribution in [-0.4, -0.2) is 12.5 Å². The van der Waals surface area contributed by atoms with Gasteiger partial charge in [-0.1, -0.05) is 42.0 Å². The van der Waals surface area contributed by atoms with E-state index in [-0.39, 0.29) is 5.91 Å². The molecule has 0 aliphatic carbocycles. The molecule has 96 valence electrons. The molecule has 19 heavy (non-hydrogen) atoms. The summed E-state index contributed by atoms with van der Waals surface area (Å²) in [7, 11) is 0. The third-order valence-corrected chi connectivity index (χ3v) is 3.60. The molecule has 0 radical (unpaired) electrons. The summed E-state index contributed by atoms with van der Waals surface area (Å²) in [6, 6.07) is 16.7. The van der Waals surface area contributed by atoms with E-state index in [1.54, 1.807) is 0 Å². The van der Waals surface area contributed by atoms with E-state index in [1.165, 1.54) is 16.7 Å². The van der Waals surface area contributed by atoms with Crippen LogP contribution in [0.1, 0.15) is 18.4 Å². The standard InChI is InChI=1S/C17H17NO/c1-13-4-2-5-15(12-13)14-7-9-16(10-8-14)18-11-3-6-17(18)19/h2,4-5,7-10,12H,3,6,11H2,1H3. The van der Waals surface area contributed by atoms with Gasteiger partial charge in [-0.05, 0) is 36.6 Å². The number of aryl methyl sites for hydroxylation is 1. The van der Waals surface area contributed by atoms with Crippen LogP contribution < -0.4 is 4.90 Å². The topological polar surface area (TPSA) is 20.3 Å². The van der Waals surface area contributed by atoms with Gasteiger partial charge in [0, 0.05) is 18.7 Å². The van der Waals surface area contributed by atoms with Crippen LogP contribution >= 0.6 is 0 Å². The third-order valence-electron chi connectivity index (χ3n) is 3.60. The lowest BCUT2D eigenvalue weighted by Crippen LogP contribution is -2.23. The first kappa shape index (κ1) is 12.0. The van der Waals surface area contributed by atoms with Crippen molar-refractivity contribution < 1.29 is 4.79 Å². The Bertz CT molecular complexity index is 601. The predicted octanol–water partition coefficient (Wildman–Crippen LogP) is 3.79. The number of carbonyl (C=O) groups is 1. The molecule has 2 aromatic rings. The highest BCUT2D eigenvalue weighted by atomic mass is 16.2. The summed E-state index contributed by atoms with van der Waals surface area (Å²) >= 11 is 0. The molecule has 1 amide bonds. The maximum atomic E-state index is 11.7. The number of hydrogen-bond donors (Lipinski definition) is 0. The maximum absolute atomic E-state index is 11.7. The number of benzene rings is 2. The largest absolute Gasteiger partial charge is 0.312 e. The first-order valence-electron chi connectivity index (χ1n) is 6.71. The number of hydrogen-bond acceptors (Lipinski definition) is 1. The fourth-order valence-electron chi connectivity index (χ4n) is 2.58. The van der Waals surface area contributed by atoms with Crippen LogP contribution in [0.3, 0.4) is 0 Å². The second-order valence-electron chi connectivity index (χ2n) is 5.07. The summed E-state index contributed by atoms with van der Waals surface area (Å²) in [6.45, 7) is 2.95. The number of anilines is 1. The van der Waals surface area contributed by atoms with Gasteiger partial charge in [-0.25, -0.2) is 0 Å². The van der Waals surface area contributed by atoms with Crippen LogP contribution in [0.5, 0.6) is 0 Å². The Morgan fingerprint density at radius 3 is 2.42 bits per heavy atom. The van der Waals surface area contributed by atoms with Gasteiger partial charge in [-0.3, -0.25) is 4.79 Å². The Kier molecular flexibility index (Phi) is 3.08. The molecule has 1 heterocycles. The lowest BCUT2D eigenvalue weighted by molar-refractivity contribution is -0.117. The summed E-state index contributed by atoms with van der Waals surface area (Å²) in [4.78, 5) is 13.6. The Hall–Kier alpha value is -2.09. The highest BCUT2D eigenvalue weighted by Crippen LogP contribution is 2.26. The summed E-state index contributed by atoms with van der Waals surface area (Å²) < 4.78 is 0. The van der Waals surface area contributed by atoms with Gasteiger partial charge in [0.05, 0.1) is 0 Å². The molecular weight excluding hydrogens is 234 g/mol. The highest BCUT2D eigenvalue weighted by molar-refractivity contribution is 5.95. The summed E-state index contributed by atoms with van der Waals surface area (Å²) in [5.74, 6) is 0.239. The first-order valence-corrected chi connectivity index (χ1v) is 6.71. The van der Waals surface area contributed by atoms with Gasteiger partial charge in [0.15, 0.2) is 0 Å². The van der Waals surface area contributed by atoms with Crippen LogP contribution in [-0.2, 0) is 4.79 Å². The van der Waals surface area contributed by atoms with Gasteiger partial charge in [-0.2, -0.15) is 0 Å². The van der Waals surface area contributed by atoms with Crippen molar-refractivity contribution >= 4 is 11.6 Å². The molecule has 0 atom stereocenters. The van der Waals surface area contributed by atoms with Gasteiger partial charge in [0.2, 0.25) is 5.91 Å². The van der Waals surface area contributed by atoms with Crippen molar-refractivity contribution in [1.82, 2.24) is 0 Å². The molecule has 0 aromatic heterocycles. The van der Waals surface area contributed by atoms with Crippen molar-refractivity contribution in [1.29, 1.82) is 0 Å². The molecule has 0 unspecified atom stereocenters. The quantitative estimate of drug-likeness (QED) is 0.795. The first-order chi connectivity index (χ1) is 9.24. The number of rotatable bonds is 2. The van der Waals surface area contributed by atoms with Crippen LogP contribution in [0, 0.1) is 6.92 Å². The SMILES string of the molecule is Cc1cccc(-c2ccc(N3CCCC3=O)cc2)c1. The minimum atomic E-state index is 0.239. The van der Waals surface area contributed by atoms with Gasteiger partial charge in [-0.15, -0.1) is 0 Å². The van der Waals surface area contributed by atoms with Crippen molar-refractivity contribution in [3.63, 3.8) is 0 Å². The van der Waals surface area contributed by atoms with Gasteiger partial charge in [0.25, 0.3) is 0 Å². The lowest BCUT2D eigenvalue weighted by Gasteiger charge is -2.16. The zero-order chi connectivity index (χ0) is 13.2. The average Bonchev–Trinajstić information content (AvgIpc) is 2.85. The molecule has 2 nitrogen and oxygen atoms in total. The Labute approximate surface area is 113 Å². The summed E-state index contributed by atoms with van der Waals surface area (Å²) in [6.07, 6.45) is 1.65. The molecule has 1 aliphatic rings. The predicted molar refractivity (Wildman–Crippen MR) is 78.2 cm³/mol. The maximum Gasteiger partial charge on any atom is 0.227 e. The van der Waals surface area contributed by atoms with Gasteiger partial charge >= 0.3 is 0 Å². The van der Waals surface area contributed by atoms with E-state index in [0.29, 0.717) is 6.42 Å². The molecule has 0 N–H and O–H groups in total. The monoisotopic (exact) mass is 251 g/mol. The Balaban J connectivity index is 1.88. The van der Waals surface area contributed by atoms with Crippen LogP contribution in [0.25, 0.3) is 11.1 Å². The molecule has 0 saturated carbocycles. The molecule has 0 bridgehead atoms. The highest BCUT2D eigenvalue weighted by Gasteiger charge is 2.21. The minimum Gasteiger partial charge on any atom is -0.312 e. The molecule has 1 aliphatic heterocycles. The van der Waals surface area contributed by atoms with E-state index in [0.717, 1.165) is 18.7 Å². The zero-order valence-corrected chi connectivity index (χ0v) is 11.1. The minimum absolute atomic E-state index is 0.239. The van der Waals surface area contributed by atoms with E-state index in [4.69, 9.17) is 0 Å². The van der Waals surface area contributed by atoms with Gasteiger partial charge in [0.1, 0.15) is 0 Å². The molecule has 1 saturated heterocycles. The van der Waals surface area contributed by atoms with Crippen LogP contribution in [0.4, 0.5) is 5.69 Å². The second kappa shape index (κ2) is 4.88. The normalized spacial score (nSPS) is 15.0. The number of nitrogens with zero attached hydrogens (tertiary/aromatic N) is 1. The smallest absolute Gasteiger partial charge is 0.227 e. The molecular formula is C17H17NO. The average molecular weight is 251 g/mol. The number of amides is 1. The molecule has 1 fully saturated rings. The molecule has 0 spiro atoms. The van der Waals surface area contributed by atoms with E-state index >= 15 is 0 Å². The van der Waals surface area contributed by atoms with E-state index in [1.807, 2.05) is 17.0 Å². The van der Waals surface area contributed by atoms with E-state index in [2.05, 4.69) is 43.3 Å². The van der Waals surface area contributed by atoms with Crippen molar-refractivity contribution in [3.05, 3.63) is 54.1 Å². The van der Waals surface area contributed by atoms with Crippen LogP contribution in [0.2, 0.25) is 0 Å². The van der Waals surface area contributed by atoms with Gasteiger partial charge < -0.3 is 4.90 Å². The molecule has 2 aromatic carbocycles. The zero-order valence-electron chi connectivity index (χ0n) is 11.1. The fourth-order valence-corrected chi connectivity index (χ4v) is 2.58. The summed E-state index contributed by atoms with van der Waals surface area (Å²) in [5, 5.41) is 0. The molecule has 2 heteroatoms. The van der Waals surface area contributed by atoms with Crippen molar-refractivity contribution in [2.24, 2.45) is 0 Å². The van der Waals surface area contributed by atoms with Crippen LogP contribution in [0.15, 0.2) is 48.5 Å².